The van der Waals surface area contributed by atoms with Crippen LogP contribution in [0.15, 0.2) is 60.7 Å². The minimum atomic E-state index is -0.629. The first-order valence-corrected chi connectivity index (χ1v) is 10.1. The van der Waals surface area contributed by atoms with Gasteiger partial charge in [-0.2, -0.15) is 0 Å². The Bertz CT molecular complexity index is 800. The van der Waals surface area contributed by atoms with E-state index in [0.29, 0.717) is 19.8 Å². The summed E-state index contributed by atoms with van der Waals surface area (Å²) in [4.78, 5) is 26.6. The van der Waals surface area contributed by atoms with Gasteiger partial charge in [0.05, 0.1) is 19.3 Å². The number of carbonyl (C=O) groups excluding carboxylic acids is 2. The molecule has 0 radical (unpaired) electrons. The number of hydrogen-bond donors (Lipinski definition) is 1. The van der Waals surface area contributed by atoms with E-state index >= 15 is 0 Å². The molecule has 7 nitrogen and oxygen atoms in total. The van der Waals surface area contributed by atoms with Crippen molar-refractivity contribution in [3.63, 3.8) is 0 Å². The molecule has 0 aromatic heterocycles. The number of esters is 1. The van der Waals surface area contributed by atoms with Crippen molar-refractivity contribution in [1.82, 2.24) is 10.2 Å². The number of nitrogens with zero attached hydrogens (tertiary/aromatic N) is 1. The molecule has 31 heavy (non-hydrogen) atoms. The fraction of sp³-hybridized carbons (Fsp3) is 0.391. The molecule has 0 aliphatic carbocycles. The minimum Gasteiger partial charge on any atom is -0.455 e. The van der Waals surface area contributed by atoms with E-state index in [1.165, 1.54) is 6.92 Å². The molecule has 3 rings (SSSR count). The third-order valence-electron chi connectivity index (χ3n) is 4.86. The average molecular weight is 449 g/mol. The highest BCUT2D eigenvalue weighted by molar-refractivity contribution is 5.85. The second-order valence-electron chi connectivity index (χ2n) is 7.17. The summed E-state index contributed by atoms with van der Waals surface area (Å²) >= 11 is 0. The molecule has 1 saturated heterocycles. The summed E-state index contributed by atoms with van der Waals surface area (Å²) < 4.78 is 16.5. The molecule has 1 N–H and O–H groups in total. The standard InChI is InChI=1S/C23H28N2O5.ClH/c1-18(26)30-22(20-10-6-3-7-11-20)21(16-25-12-14-28-15-13-25)24-23(27)29-17-19-8-4-2-5-9-19;/h2-11,21-22H,12-17H2,1H3,(H,24,27);1H. The molecule has 0 bridgehead atoms. The van der Waals surface area contributed by atoms with Crippen LogP contribution < -0.4 is 5.32 Å². The Balaban J connectivity index is 0.00000341. The third-order valence-corrected chi connectivity index (χ3v) is 4.86. The van der Waals surface area contributed by atoms with Crippen LogP contribution in [0.3, 0.4) is 0 Å². The van der Waals surface area contributed by atoms with Crippen molar-refractivity contribution in [1.29, 1.82) is 0 Å². The molecule has 2 atom stereocenters. The molecule has 2 unspecified atom stereocenters. The Kier molecular flexibility index (Phi) is 10.3. The number of morpholine rings is 1. The molecule has 0 spiro atoms. The predicted octanol–water partition coefficient (Wildman–Crippen LogP) is 3.34. The monoisotopic (exact) mass is 448 g/mol. The highest BCUT2D eigenvalue weighted by Crippen LogP contribution is 2.23. The van der Waals surface area contributed by atoms with E-state index in [1.807, 2.05) is 60.7 Å². The van der Waals surface area contributed by atoms with E-state index in [-0.39, 0.29) is 19.0 Å². The fourth-order valence-electron chi connectivity index (χ4n) is 3.40. The van der Waals surface area contributed by atoms with Gasteiger partial charge in [-0.05, 0) is 11.1 Å². The Morgan fingerprint density at radius 3 is 2.26 bits per heavy atom. The molecule has 0 saturated carbocycles. The van der Waals surface area contributed by atoms with Crippen molar-refractivity contribution in [3.8, 4) is 0 Å². The molecule has 168 valence electrons. The molecular weight excluding hydrogens is 420 g/mol. The summed E-state index contributed by atoms with van der Waals surface area (Å²) in [6.45, 7) is 4.81. The fourth-order valence-corrected chi connectivity index (χ4v) is 3.40. The van der Waals surface area contributed by atoms with Crippen LogP contribution in [0, 0.1) is 0 Å². The zero-order valence-corrected chi connectivity index (χ0v) is 18.4. The SMILES string of the molecule is CC(=O)OC(c1ccccc1)C(CN1CCOCC1)NC(=O)OCc1ccccc1.Cl. The van der Waals surface area contributed by atoms with Crippen LogP contribution in [-0.2, 0) is 25.6 Å². The second-order valence-corrected chi connectivity index (χ2v) is 7.17. The number of halogens is 1. The van der Waals surface area contributed by atoms with Gasteiger partial charge >= 0.3 is 12.1 Å². The molecule has 1 amide bonds. The Morgan fingerprint density at radius 1 is 1.03 bits per heavy atom. The average Bonchev–Trinajstić information content (AvgIpc) is 2.77. The summed E-state index contributed by atoms with van der Waals surface area (Å²) in [6, 6.07) is 18.4. The molecule has 2 aromatic carbocycles. The van der Waals surface area contributed by atoms with Crippen LogP contribution in [0.5, 0.6) is 0 Å². The molecular formula is C23H29ClN2O5. The maximum Gasteiger partial charge on any atom is 0.407 e. The van der Waals surface area contributed by atoms with Crippen LogP contribution in [0.1, 0.15) is 24.2 Å². The van der Waals surface area contributed by atoms with Crippen LogP contribution >= 0.6 is 12.4 Å². The predicted molar refractivity (Wildman–Crippen MR) is 119 cm³/mol. The summed E-state index contributed by atoms with van der Waals surface area (Å²) in [6.07, 6.45) is -1.18. The van der Waals surface area contributed by atoms with Crippen molar-refractivity contribution in [2.24, 2.45) is 0 Å². The highest BCUT2D eigenvalue weighted by Gasteiger charge is 2.30. The van der Waals surface area contributed by atoms with E-state index in [2.05, 4.69) is 10.2 Å². The molecule has 1 aliphatic rings. The smallest absolute Gasteiger partial charge is 0.407 e. The Labute approximate surface area is 189 Å². The van der Waals surface area contributed by atoms with E-state index < -0.39 is 24.2 Å². The first-order chi connectivity index (χ1) is 14.6. The van der Waals surface area contributed by atoms with Crippen LogP contribution in [0.2, 0.25) is 0 Å². The first kappa shape index (κ1) is 24.7. The van der Waals surface area contributed by atoms with Gasteiger partial charge in [0, 0.05) is 26.6 Å². The number of ether oxygens (including phenoxy) is 3. The topological polar surface area (TPSA) is 77.1 Å². The zero-order valence-electron chi connectivity index (χ0n) is 17.6. The van der Waals surface area contributed by atoms with Gasteiger partial charge in [0.15, 0.2) is 0 Å². The highest BCUT2D eigenvalue weighted by atomic mass is 35.5. The lowest BCUT2D eigenvalue weighted by Crippen LogP contribution is -2.50. The van der Waals surface area contributed by atoms with Crippen molar-refractivity contribution < 1.29 is 23.8 Å². The molecule has 2 aromatic rings. The van der Waals surface area contributed by atoms with Crippen molar-refractivity contribution in [2.75, 3.05) is 32.8 Å². The van der Waals surface area contributed by atoms with Gasteiger partial charge in [-0.3, -0.25) is 9.69 Å². The lowest BCUT2D eigenvalue weighted by Gasteiger charge is -2.34. The molecule has 1 fully saturated rings. The van der Waals surface area contributed by atoms with Crippen LogP contribution in [-0.4, -0.2) is 55.9 Å². The number of benzene rings is 2. The van der Waals surface area contributed by atoms with E-state index in [0.717, 1.165) is 24.2 Å². The van der Waals surface area contributed by atoms with Crippen molar-refractivity contribution >= 4 is 24.5 Å². The Morgan fingerprint density at radius 2 is 1.65 bits per heavy atom. The number of alkyl carbamates (subject to hydrolysis) is 1. The summed E-state index contributed by atoms with van der Waals surface area (Å²) in [5, 5.41) is 2.92. The van der Waals surface area contributed by atoms with Gasteiger partial charge in [-0.25, -0.2) is 4.79 Å². The van der Waals surface area contributed by atoms with Crippen LogP contribution in [0.4, 0.5) is 4.79 Å². The number of nitrogens with one attached hydrogen (secondary N) is 1. The number of carbonyl (C=O) groups is 2. The van der Waals surface area contributed by atoms with Gasteiger partial charge in [0.25, 0.3) is 0 Å². The van der Waals surface area contributed by atoms with Crippen LogP contribution in [0.25, 0.3) is 0 Å². The number of hydrogen-bond acceptors (Lipinski definition) is 6. The largest absolute Gasteiger partial charge is 0.455 e. The number of amides is 1. The maximum absolute atomic E-state index is 12.6. The van der Waals surface area contributed by atoms with E-state index in [4.69, 9.17) is 14.2 Å². The Hall–Kier alpha value is -2.61. The summed E-state index contributed by atoms with van der Waals surface area (Å²) in [5.41, 5.74) is 1.71. The van der Waals surface area contributed by atoms with Crippen molar-refractivity contribution in [2.45, 2.75) is 25.7 Å². The maximum atomic E-state index is 12.6. The second kappa shape index (κ2) is 12.9. The van der Waals surface area contributed by atoms with Gasteiger partial charge in [0.1, 0.15) is 12.7 Å². The first-order valence-electron chi connectivity index (χ1n) is 10.1. The lowest BCUT2D eigenvalue weighted by molar-refractivity contribution is -0.148. The minimum absolute atomic E-state index is 0. The van der Waals surface area contributed by atoms with Gasteiger partial charge < -0.3 is 19.5 Å². The summed E-state index contributed by atoms with van der Waals surface area (Å²) in [5.74, 6) is -0.407. The number of rotatable bonds is 8. The summed E-state index contributed by atoms with van der Waals surface area (Å²) in [7, 11) is 0. The van der Waals surface area contributed by atoms with Crippen molar-refractivity contribution in [3.05, 3.63) is 71.8 Å². The third kappa shape index (κ3) is 8.20. The zero-order chi connectivity index (χ0) is 21.2. The van der Waals surface area contributed by atoms with E-state index in [1.54, 1.807) is 0 Å². The lowest BCUT2D eigenvalue weighted by atomic mass is 10.0. The van der Waals surface area contributed by atoms with Gasteiger partial charge in [-0.15, -0.1) is 12.4 Å². The quantitative estimate of drug-likeness (QED) is 0.624. The molecule has 1 aliphatic heterocycles. The van der Waals surface area contributed by atoms with Gasteiger partial charge in [-0.1, -0.05) is 60.7 Å². The molecule has 1 heterocycles. The van der Waals surface area contributed by atoms with Gasteiger partial charge in [0.2, 0.25) is 0 Å². The van der Waals surface area contributed by atoms with E-state index in [9.17, 15) is 9.59 Å². The normalized spacial score (nSPS) is 15.8. The molecule has 8 heteroatoms.